The van der Waals surface area contributed by atoms with Crippen LogP contribution in [0.2, 0.25) is 0 Å². The van der Waals surface area contributed by atoms with E-state index in [0.717, 1.165) is 50.9 Å². The molecule has 0 saturated carbocycles. The van der Waals surface area contributed by atoms with Gasteiger partial charge in [0, 0.05) is 44.8 Å². The number of hydrogen-bond donors (Lipinski definition) is 3. The molecule has 1 heterocycles. The van der Waals surface area contributed by atoms with Gasteiger partial charge in [0.2, 0.25) is 0 Å². The molecule has 7 heteroatoms. The van der Waals surface area contributed by atoms with Gasteiger partial charge in [0.05, 0.1) is 19.3 Å². The molecule has 1 atom stereocenters. The van der Waals surface area contributed by atoms with Crippen LogP contribution in [0.5, 0.6) is 0 Å². The number of benzene rings is 1. The Labute approximate surface area is 175 Å². The number of morpholine rings is 1. The Morgan fingerprint density at radius 2 is 1.90 bits per heavy atom. The first-order valence-electron chi connectivity index (χ1n) is 10.7. The van der Waals surface area contributed by atoms with E-state index >= 15 is 0 Å². The molecular weight excluding hydrogens is 366 g/mol. The van der Waals surface area contributed by atoms with Gasteiger partial charge in [-0.1, -0.05) is 26.0 Å². The molecule has 0 spiro atoms. The van der Waals surface area contributed by atoms with Gasteiger partial charge in [-0.3, -0.25) is 9.69 Å². The summed E-state index contributed by atoms with van der Waals surface area (Å²) in [5.41, 5.74) is 1.73. The number of guanidine groups is 1. The maximum absolute atomic E-state index is 11.9. The average molecular weight is 404 g/mol. The van der Waals surface area contributed by atoms with Crippen molar-refractivity contribution in [3.05, 3.63) is 35.4 Å². The Hall–Kier alpha value is -2.12. The van der Waals surface area contributed by atoms with Gasteiger partial charge >= 0.3 is 0 Å². The summed E-state index contributed by atoms with van der Waals surface area (Å²) in [7, 11) is 0. The summed E-state index contributed by atoms with van der Waals surface area (Å²) in [6.45, 7) is 15.0. The van der Waals surface area contributed by atoms with E-state index in [4.69, 9.17) is 4.74 Å². The highest BCUT2D eigenvalue weighted by Gasteiger charge is 2.21. The fraction of sp³-hybridized carbons (Fsp3) is 0.636. The monoisotopic (exact) mass is 403 g/mol. The van der Waals surface area contributed by atoms with Crippen molar-refractivity contribution in [1.82, 2.24) is 20.9 Å². The molecule has 1 amide bonds. The van der Waals surface area contributed by atoms with Crippen molar-refractivity contribution in [3.8, 4) is 0 Å². The molecule has 1 unspecified atom stereocenters. The molecule has 1 aromatic carbocycles. The van der Waals surface area contributed by atoms with Crippen molar-refractivity contribution in [1.29, 1.82) is 0 Å². The molecule has 1 saturated heterocycles. The number of amides is 1. The zero-order valence-electron chi connectivity index (χ0n) is 18.3. The summed E-state index contributed by atoms with van der Waals surface area (Å²) < 4.78 is 5.91. The minimum Gasteiger partial charge on any atom is -0.374 e. The van der Waals surface area contributed by atoms with Gasteiger partial charge in [-0.05, 0) is 37.5 Å². The third-order valence-corrected chi connectivity index (χ3v) is 4.66. The zero-order valence-corrected chi connectivity index (χ0v) is 18.3. The Bertz CT molecular complexity index is 645. The summed E-state index contributed by atoms with van der Waals surface area (Å²) in [4.78, 5) is 19.0. The lowest BCUT2D eigenvalue weighted by molar-refractivity contribution is -0.0284. The van der Waals surface area contributed by atoms with Crippen LogP contribution in [0.25, 0.3) is 0 Å². The fourth-order valence-electron chi connectivity index (χ4n) is 3.33. The lowest BCUT2D eigenvalue weighted by atomic mass is 10.1. The minimum atomic E-state index is -0.0449. The molecule has 1 aliphatic heterocycles. The van der Waals surface area contributed by atoms with Crippen molar-refractivity contribution in [2.75, 3.05) is 45.9 Å². The van der Waals surface area contributed by atoms with Crippen LogP contribution >= 0.6 is 0 Å². The highest BCUT2D eigenvalue weighted by atomic mass is 16.5. The van der Waals surface area contributed by atoms with E-state index in [0.29, 0.717) is 24.6 Å². The smallest absolute Gasteiger partial charge is 0.251 e. The van der Waals surface area contributed by atoms with E-state index in [2.05, 4.69) is 46.6 Å². The van der Waals surface area contributed by atoms with Crippen LogP contribution in [-0.4, -0.2) is 68.7 Å². The number of hydrogen-bond acceptors (Lipinski definition) is 4. The van der Waals surface area contributed by atoms with Crippen molar-refractivity contribution < 1.29 is 9.53 Å². The second-order valence-corrected chi connectivity index (χ2v) is 7.78. The van der Waals surface area contributed by atoms with Gasteiger partial charge in [-0.2, -0.15) is 0 Å². The Kier molecular flexibility index (Phi) is 9.94. The second-order valence-electron chi connectivity index (χ2n) is 7.78. The van der Waals surface area contributed by atoms with E-state index in [1.807, 2.05) is 31.2 Å². The lowest BCUT2D eigenvalue weighted by Gasteiger charge is -2.34. The molecular formula is C22H37N5O2. The van der Waals surface area contributed by atoms with E-state index in [1.165, 1.54) is 0 Å². The zero-order chi connectivity index (χ0) is 21.1. The van der Waals surface area contributed by atoms with Gasteiger partial charge in [0.25, 0.3) is 5.91 Å². The fourth-order valence-corrected chi connectivity index (χ4v) is 3.33. The molecule has 0 bridgehead atoms. The Morgan fingerprint density at radius 3 is 2.55 bits per heavy atom. The first-order valence-corrected chi connectivity index (χ1v) is 10.7. The lowest BCUT2D eigenvalue weighted by Crippen LogP contribution is -2.50. The normalized spacial score (nSPS) is 18.0. The van der Waals surface area contributed by atoms with Crippen LogP contribution in [-0.2, 0) is 11.3 Å². The number of rotatable bonds is 9. The summed E-state index contributed by atoms with van der Waals surface area (Å²) in [5, 5.41) is 9.50. The van der Waals surface area contributed by atoms with Crippen molar-refractivity contribution in [3.63, 3.8) is 0 Å². The largest absolute Gasteiger partial charge is 0.374 e. The van der Waals surface area contributed by atoms with Crippen LogP contribution in [0.1, 0.15) is 43.6 Å². The number of nitrogens with one attached hydrogen (secondary N) is 3. The minimum absolute atomic E-state index is 0.0449. The quantitative estimate of drug-likeness (QED) is 0.433. The molecule has 162 valence electrons. The van der Waals surface area contributed by atoms with Crippen molar-refractivity contribution >= 4 is 11.9 Å². The predicted molar refractivity (Wildman–Crippen MR) is 118 cm³/mol. The molecule has 0 aliphatic carbocycles. The van der Waals surface area contributed by atoms with E-state index < -0.39 is 0 Å². The molecule has 1 aliphatic rings. The molecule has 29 heavy (non-hydrogen) atoms. The van der Waals surface area contributed by atoms with Crippen LogP contribution in [0.3, 0.4) is 0 Å². The third kappa shape index (κ3) is 8.41. The highest BCUT2D eigenvalue weighted by molar-refractivity contribution is 5.94. The molecule has 0 aromatic heterocycles. The molecule has 0 radical (unpaired) electrons. The van der Waals surface area contributed by atoms with Gasteiger partial charge in [-0.25, -0.2) is 4.99 Å². The van der Waals surface area contributed by atoms with Crippen LogP contribution in [0.4, 0.5) is 0 Å². The van der Waals surface area contributed by atoms with Crippen molar-refractivity contribution in [2.45, 2.75) is 40.3 Å². The summed E-state index contributed by atoms with van der Waals surface area (Å²) in [6, 6.07) is 7.59. The molecule has 2 rings (SSSR count). The van der Waals surface area contributed by atoms with Crippen LogP contribution in [0.15, 0.2) is 29.3 Å². The van der Waals surface area contributed by atoms with Crippen LogP contribution in [0, 0.1) is 5.92 Å². The van der Waals surface area contributed by atoms with E-state index in [1.54, 1.807) is 0 Å². The van der Waals surface area contributed by atoms with Crippen molar-refractivity contribution in [2.24, 2.45) is 10.9 Å². The average Bonchev–Trinajstić information content (AvgIpc) is 2.70. The second kappa shape index (κ2) is 12.4. The van der Waals surface area contributed by atoms with Gasteiger partial charge < -0.3 is 20.7 Å². The van der Waals surface area contributed by atoms with Gasteiger partial charge in [0.15, 0.2) is 5.96 Å². The number of carbonyl (C=O) groups is 1. The van der Waals surface area contributed by atoms with Crippen LogP contribution < -0.4 is 16.0 Å². The molecule has 1 fully saturated rings. The van der Waals surface area contributed by atoms with Gasteiger partial charge in [-0.15, -0.1) is 0 Å². The summed E-state index contributed by atoms with van der Waals surface area (Å²) in [5.74, 6) is 1.40. The predicted octanol–water partition coefficient (Wildman–Crippen LogP) is 1.85. The Morgan fingerprint density at radius 1 is 1.17 bits per heavy atom. The molecule has 3 N–H and O–H groups in total. The standard InChI is InChI=1S/C22H37N5O2/c1-5-23-21(28)19-9-7-18(8-10-19)13-25-22(24-6-2)26-14-20-16-27(11-12-29-20)15-17(3)4/h7-10,17,20H,5-6,11-16H2,1-4H3,(H,23,28)(H2,24,25,26). The topological polar surface area (TPSA) is 78.0 Å². The number of ether oxygens (including phenoxy) is 1. The van der Waals surface area contributed by atoms with E-state index in [9.17, 15) is 4.79 Å². The maximum Gasteiger partial charge on any atom is 0.251 e. The first kappa shape index (κ1) is 23.2. The maximum atomic E-state index is 11.9. The third-order valence-electron chi connectivity index (χ3n) is 4.66. The Balaban J connectivity index is 1.86. The highest BCUT2D eigenvalue weighted by Crippen LogP contribution is 2.08. The SMILES string of the molecule is CCNC(=O)c1ccc(CN=C(NCC)NCC2CN(CC(C)C)CCO2)cc1. The summed E-state index contributed by atoms with van der Waals surface area (Å²) in [6.07, 6.45) is 0.169. The first-order chi connectivity index (χ1) is 14.0. The molecule has 7 nitrogen and oxygen atoms in total. The number of nitrogens with zero attached hydrogens (tertiary/aromatic N) is 2. The number of aliphatic imine (C=N–C) groups is 1. The molecule has 1 aromatic rings. The number of carbonyl (C=O) groups excluding carboxylic acids is 1. The summed E-state index contributed by atoms with van der Waals surface area (Å²) >= 11 is 0. The van der Waals surface area contributed by atoms with E-state index in [-0.39, 0.29) is 12.0 Å². The van der Waals surface area contributed by atoms with Gasteiger partial charge in [0.1, 0.15) is 0 Å².